The largest absolute Gasteiger partial charge is 0.348 e. The van der Waals surface area contributed by atoms with Gasteiger partial charge in [0.15, 0.2) is 0 Å². The second-order valence-electron chi connectivity index (χ2n) is 8.13. The molecule has 3 heterocycles. The Labute approximate surface area is 149 Å². The van der Waals surface area contributed by atoms with Gasteiger partial charge in [0.1, 0.15) is 0 Å². The first-order valence-corrected chi connectivity index (χ1v) is 9.69. The maximum absolute atomic E-state index is 12.7. The highest BCUT2D eigenvalue weighted by atomic mass is 16.2. The van der Waals surface area contributed by atoms with Crippen LogP contribution in [0.3, 0.4) is 0 Å². The molecule has 2 saturated heterocycles. The Morgan fingerprint density at radius 2 is 2.16 bits per heavy atom. The molecule has 136 valence electrons. The van der Waals surface area contributed by atoms with E-state index < -0.39 is 0 Å². The molecule has 1 N–H and O–H groups in total. The quantitative estimate of drug-likeness (QED) is 0.908. The van der Waals surface area contributed by atoms with Crippen LogP contribution in [0.25, 0.3) is 0 Å². The molecule has 1 aromatic heterocycles. The van der Waals surface area contributed by atoms with E-state index in [1.54, 1.807) is 6.33 Å². The Balaban J connectivity index is 1.39. The summed E-state index contributed by atoms with van der Waals surface area (Å²) in [7, 11) is 0. The van der Waals surface area contributed by atoms with E-state index in [-0.39, 0.29) is 17.2 Å². The minimum Gasteiger partial charge on any atom is -0.348 e. The maximum atomic E-state index is 12.7. The van der Waals surface area contributed by atoms with Crippen LogP contribution in [0.2, 0.25) is 0 Å². The lowest BCUT2D eigenvalue weighted by molar-refractivity contribution is -0.146. The van der Waals surface area contributed by atoms with Crippen LogP contribution in [-0.2, 0) is 16.0 Å². The fourth-order valence-electron chi connectivity index (χ4n) is 4.63. The van der Waals surface area contributed by atoms with E-state index in [2.05, 4.69) is 14.9 Å². The normalized spacial score (nSPS) is 27.6. The van der Waals surface area contributed by atoms with Crippen molar-refractivity contribution in [2.75, 3.05) is 26.2 Å². The Kier molecular flexibility index (Phi) is 4.52. The number of H-pyrrole nitrogens is 1. The summed E-state index contributed by atoms with van der Waals surface area (Å²) in [6, 6.07) is 0. The van der Waals surface area contributed by atoms with E-state index >= 15 is 0 Å². The molecule has 0 bridgehead atoms. The van der Waals surface area contributed by atoms with Crippen LogP contribution < -0.4 is 0 Å². The molecule has 1 aliphatic carbocycles. The summed E-state index contributed by atoms with van der Waals surface area (Å²) < 4.78 is 0. The zero-order valence-electron chi connectivity index (χ0n) is 14.9. The molecular weight excluding hydrogens is 316 g/mol. The summed E-state index contributed by atoms with van der Waals surface area (Å²) in [5.41, 5.74) is 1.18. The maximum Gasteiger partial charge on any atom is 0.225 e. The second-order valence-corrected chi connectivity index (χ2v) is 8.13. The number of piperidine rings is 2. The number of likely N-dealkylation sites (tertiary alicyclic amines) is 2. The van der Waals surface area contributed by atoms with Crippen molar-refractivity contribution < 1.29 is 9.59 Å². The molecule has 25 heavy (non-hydrogen) atoms. The first kappa shape index (κ1) is 16.6. The number of hydrogen-bond donors (Lipinski definition) is 1. The number of carbonyl (C=O) groups excluding carboxylic acids is 2. The summed E-state index contributed by atoms with van der Waals surface area (Å²) >= 11 is 0. The highest BCUT2D eigenvalue weighted by molar-refractivity contribution is 5.80. The Hall–Kier alpha value is -1.85. The molecule has 3 fully saturated rings. The number of amides is 2. The lowest BCUT2D eigenvalue weighted by Crippen LogP contribution is -2.56. The molecule has 0 radical (unpaired) electrons. The Morgan fingerprint density at radius 1 is 1.28 bits per heavy atom. The number of rotatable bonds is 4. The van der Waals surface area contributed by atoms with E-state index in [0.717, 1.165) is 70.4 Å². The molecule has 1 saturated carbocycles. The van der Waals surface area contributed by atoms with Crippen molar-refractivity contribution >= 4 is 11.8 Å². The van der Waals surface area contributed by atoms with Crippen molar-refractivity contribution in [1.29, 1.82) is 0 Å². The van der Waals surface area contributed by atoms with E-state index in [4.69, 9.17) is 0 Å². The molecule has 6 heteroatoms. The third-order valence-corrected chi connectivity index (χ3v) is 6.38. The Bertz CT molecular complexity index is 625. The fraction of sp³-hybridized carbons (Fsp3) is 0.737. The van der Waals surface area contributed by atoms with Gasteiger partial charge in [0.2, 0.25) is 11.8 Å². The molecule has 2 aliphatic heterocycles. The van der Waals surface area contributed by atoms with Gasteiger partial charge in [-0.15, -0.1) is 0 Å². The van der Waals surface area contributed by atoms with Crippen LogP contribution in [0.15, 0.2) is 12.5 Å². The van der Waals surface area contributed by atoms with Gasteiger partial charge in [-0.2, -0.15) is 0 Å². The number of aromatic amines is 1. The predicted molar refractivity (Wildman–Crippen MR) is 93.7 cm³/mol. The van der Waals surface area contributed by atoms with Gasteiger partial charge in [0.25, 0.3) is 0 Å². The predicted octanol–water partition coefficient (Wildman–Crippen LogP) is 1.98. The van der Waals surface area contributed by atoms with Gasteiger partial charge >= 0.3 is 0 Å². The average molecular weight is 344 g/mol. The monoisotopic (exact) mass is 344 g/mol. The fourth-order valence-corrected chi connectivity index (χ4v) is 4.63. The molecule has 0 aromatic carbocycles. The number of carbonyl (C=O) groups is 2. The van der Waals surface area contributed by atoms with Crippen molar-refractivity contribution in [1.82, 2.24) is 19.8 Å². The summed E-state index contributed by atoms with van der Waals surface area (Å²) in [6.45, 7) is 3.28. The molecule has 2 amide bonds. The zero-order chi connectivity index (χ0) is 17.3. The van der Waals surface area contributed by atoms with Gasteiger partial charge < -0.3 is 14.8 Å². The third kappa shape index (κ3) is 3.44. The lowest BCUT2D eigenvalue weighted by atomic mass is 9.73. The molecule has 1 aromatic rings. The van der Waals surface area contributed by atoms with E-state index in [0.29, 0.717) is 12.3 Å². The molecule has 1 atom stereocenters. The zero-order valence-corrected chi connectivity index (χ0v) is 14.9. The standard InChI is InChI=1S/C19H28N4O2/c24-17-5-8-19(12-22(17)10-6-16-11-20-14-21-16)7-2-9-23(13-19)18(25)15-3-1-4-15/h11,14-15H,1-10,12-13H2,(H,20,21). The summed E-state index contributed by atoms with van der Waals surface area (Å²) in [4.78, 5) is 36.3. The molecule has 6 nitrogen and oxygen atoms in total. The number of aromatic nitrogens is 2. The topological polar surface area (TPSA) is 69.3 Å². The summed E-state index contributed by atoms with van der Waals surface area (Å²) in [5, 5.41) is 0. The van der Waals surface area contributed by atoms with Crippen LogP contribution >= 0.6 is 0 Å². The van der Waals surface area contributed by atoms with Crippen LogP contribution in [0, 0.1) is 11.3 Å². The van der Waals surface area contributed by atoms with Gasteiger partial charge in [-0.05, 0) is 32.1 Å². The van der Waals surface area contributed by atoms with Gasteiger partial charge in [-0.3, -0.25) is 9.59 Å². The number of hydrogen-bond acceptors (Lipinski definition) is 3. The van der Waals surface area contributed by atoms with E-state index in [9.17, 15) is 9.59 Å². The minimum absolute atomic E-state index is 0.111. The highest BCUT2D eigenvalue weighted by Gasteiger charge is 2.43. The van der Waals surface area contributed by atoms with Crippen molar-refractivity contribution in [2.24, 2.45) is 11.3 Å². The smallest absolute Gasteiger partial charge is 0.225 e. The SMILES string of the molecule is O=C1CCC2(CCCN(C(=O)C3CCC3)C2)CN1CCc1cnc[nH]1. The van der Waals surface area contributed by atoms with Gasteiger partial charge in [-0.25, -0.2) is 4.98 Å². The van der Waals surface area contributed by atoms with E-state index in [1.807, 2.05) is 11.1 Å². The number of nitrogens with zero attached hydrogens (tertiary/aromatic N) is 3. The van der Waals surface area contributed by atoms with Crippen molar-refractivity contribution in [3.63, 3.8) is 0 Å². The highest BCUT2D eigenvalue weighted by Crippen LogP contribution is 2.40. The van der Waals surface area contributed by atoms with Crippen LogP contribution in [0.1, 0.15) is 50.6 Å². The van der Waals surface area contributed by atoms with Crippen LogP contribution in [-0.4, -0.2) is 57.8 Å². The van der Waals surface area contributed by atoms with Gasteiger partial charge in [0.05, 0.1) is 6.33 Å². The van der Waals surface area contributed by atoms with Crippen LogP contribution in [0.4, 0.5) is 0 Å². The molecule has 4 rings (SSSR count). The van der Waals surface area contributed by atoms with Gasteiger partial charge in [-0.1, -0.05) is 6.42 Å². The lowest BCUT2D eigenvalue weighted by Gasteiger charge is -2.49. The molecule has 1 spiro atoms. The van der Waals surface area contributed by atoms with Crippen molar-refractivity contribution in [3.8, 4) is 0 Å². The minimum atomic E-state index is 0.111. The van der Waals surface area contributed by atoms with Crippen molar-refractivity contribution in [3.05, 3.63) is 18.2 Å². The summed E-state index contributed by atoms with van der Waals surface area (Å²) in [5.74, 6) is 0.899. The first-order chi connectivity index (χ1) is 12.2. The molecule has 1 unspecified atom stereocenters. The van der Waals surface area contributed by atoms with Crippen molar-refractivity contribution in [2.45, 2.75) is 51.4 Å². The number of nitrogens with one attached hydrogen (secondary N) is 1. The summed E-state index contributed by atoms with van der Waals surface area (Å²) in [6.07, 6.45) is 11.4. The third-order valence-electron chi connectivity index (χ3n) is 6.38. The van der Waals surface area contributed by atoms with Crippen LogP contribution in [0.5, 0.6) is 0 Å². The van der Waals surface area contributed by atoms with Gasteiger partial charge in [0, 0.05) is 62.2 Å². The first-order valence-electron chi connectivity index (χ1n) is 9.69. The molecule has 3 aliphatic rings. The number of imidazole rings is 1. The average Bonchev–Trinajstić information content (AvgIpc) is 3.08. The molecular formula is C19H28N4O2. The second kappa shape index (κ2) is 6.81. The van der Waals surface area contributed by atoms with E-state index in [1.165, 1.54) is 6.42 Å². The Morgan fingerprint density at radius 3 is 2.88 bits per heavy atom.